The number of halogens is 1. The zero-order valence-corrected chi connectivity index (χ0v) is 13.5. The molecule has 0 radical (unpaired) electrons. The van der Waals surface area contributed by atoms with Crippen LogP contribution in [0.4, 0.5) is 11.4 Å². The van der Waals surface area contributed by atoms with Gasteiger partial charge in [0.15, 0.2) is 0 Å². The predicted molar refractivity (Wildman–Crippen MR) is 91.3 cm³/mol. The van der Waals surface area contributed by atoms with E-state index in [1.165, 1.54) is 6.20 Å². The summed E-state index contributed by atoms with van der Waals surface area (Å²) in [5.74, 6) is -0.451. The molecule has 0 aliphatic heterocycles. The minimum Gasteiger partial charge on any atom is -0.359 e. The number of hydrogen-bond acceptors (Lipinski definition) is 3. The van der Waals surface area contributed by atoms with E-state index in [0.29, 0.717) is 5.69 Å². The highest BCUT2D eigenvalue weighted by Crippen LogP contribution is 2.21. The first-order valence-corrected chi connectivity index (χ1v) is 7.39. The van der Waals surface area contributed by atoms with Crippen LogP contribution < -0.4 is 10.6 Å². The minimum atomic E-state index is -0.451. The molecule has 4 nitrogen and oxygen atoms in total. The molecule has 0 aliphatic carbocycles. The summed E-state index contributed by atoms with van der Waals surface area (Å²) in [6.45, 7) is 1.94. The second-order valence-corrected chi connectivity index (χ2v) is 5.47. The lowest BCUT2D eigenvalue weighted by molar-refractivity contribution is -0.112. The first-order valence-electron chi connectivity index (χ1n) is 6.59. The number of anilines is 2. The van der Waals surface area contributed by atoms with Crippen molar-refractivity contribution in [1.29, 1.82) is 5.26 Å². The molecule has 110 valence electrons. The highest BCUT2D eigenvalue weighted by molar-refractivity contribution is 9.10. The number of nitrogens with zero attached hydrogens (tertiary/aromatic N) is 1. The molecular formula is C17H14BrN3O. The Balaban J connectivity index is 2.11. The van der Waals surface area contributed by atoms with E-state index in [2.05, 4.69) is 26.6 Å². The third-order valence-electron chi connectivity index (χ3n) is 2.89. The normalized spacial score (nSPS) is 10.7. The van der Waals surface area contributed by atoms with E-state index in [-0.39, 0.29) is 5.57 Å². The summed E-state index contributed by atoms with van der Waals surface area (Å²) in [4.78, 5) is 12.1. The third-order valence-corrected chi connectivity index (χ3v) is 3.58. The van der Waals surface area contributed by atoms with E-state index in [1.807, 2.05) is 55.5 Å². The van der Waals surface area contributed by atoms with E-state index in [4.69, 9.17) is 5.26 Å². The first kappa shape index (κ1) is 15.8. The van der Waals surface area contributed by atoms with Crippen LogP contribution in [-0.4, -0.2) is 5.91 Å². The van der Waals surface area contributed by atoms with Crippen molar-refractivity contribution in [2.75, 3.05) is 10.6 Å². The molecule has 5 heteroatoms. The Morgan fingerprint density at radius 3 is 2.68 bits per heavy atom. The Bertz CT molecular complexity index is 762. The maximum atomic E-state index is 12.1. The molecule has 0 saturated heterocycles. The molecule has 0 aromatic heterocycles. The standard InChI is InChI=1S/C17H14BrN3O/c1-12-5-4-6-14(9-12)21-17(22)13(10-19)11-20-16-8-3-2-7-15(16)18/h2-9,11,20H,1H3,(H,21,22)/b13-11-. The lowest BCUT2D eigenvalue weighted by atomic mass is 10.2. The van der Waals surface area contributed by atoms with Crippen molar-refractivity contribution in [3.8, 4) is 6.07 Å². The molecule has 1 amide bonds. The van der Waals surface area contributed by atoms with Crippen LogP contribution in [0, 0.1) is 18.3 Å². The van der Waals surface area contributed by atoms with Crippen LogP contribution in [0.3, 0.4) is 0 Å². The van der Waals surface area contributed by atoms with Crippen molar-refractivity contribution in [1.82, 2.24) is 0 Å². The maximum Gasteiger partial charge on any atom is 0.267 e. The van der Waals surface area contributed by atoms with Gasteiger partial charge in [0.05, 0.1) is 5.69 Å². The number of rotatable bonds is 4. The predicted octanol–water partition coefficient (Wildman–Crippen LogP) is 4.22. The zero-order valence-electron chi connectivity index (χ0n) is 11.9. The quantitative estimate of drug-likeness (QED) is 0.637. The van der Waals surface area contributed by atoms with Gasteiger partial charge < -0.3 is 10.6 Å². The average Bonchev–Trinajstić information content (AvgIpc) is 2.49. The van der Waals surface area contributed by atoms with Crippen LogP contribution >= 0.6 is 15.9 Å². The fourth-order valence-corrected chi connectivity index (χ4v) is 2.20. The third kappa shape index (κ3) is 4.21. The van der Waals surface area contributed by atoms with Crippen molar-refractivity contribution < 1.29 is 4.79 Å². The van der Waals surface area contributed by atoms with Gasteiger partial charge in [-0.3, -0.25) is 4.79 Å². The molecule has 0 heterocycles. The van der Waals surface area contributed by atoms with E-state index in [0.717, 1.165) is 15.7 Å². The molecule has 2 aromatic rings. The molecule has 0 atom stereocenters. The minimum absolute atomic E-state index is 0.00254. The van der Waals surface area contributed by atoms with Crippen molar-refractivity contribution >= 4 is 33.2 Å². The topological polar surface area (TPSA) is 64.9 Å². The summed E-state index contributed by atoms with van der Waals surface area (Å²) in [5, 5.41) is 14.8. The van der Waals surface area contributed by atoms with Gasteiger partial charge in [-0.2, -0.15) is 5.26 Å². The van der Waals surface area contributed by atoms with Gasteiger partial charge in [0.25, 0.3) is 5.91 Å². The second kappa shape index (κ2) is 7.43. The van der Waals surface area contributed by atoms with E-state index in [9.17, 15) is 4.79 Å². The van der Waals surface area contributed by atoms with Crippen molar-refractivity contribution in [2.24, 2.45) is 0 Å². The van der Waals surface area contributed by atoms with Crippen LogP contribution in [0.2, 0.25) is 0 Å². The summed E-state index contributed by atoms with van der Waals surface area (Å²) in [7, 11) is 0. The number of aryl methyl sites for hydroxylation is 1. The van der Waals surface area contributed by atoms with Gasteiger partial charge in [-0.05, 0) is 52.7 Å². The van der Waals surface area contributed by atoms with Crippen LogP contribution in [0.15, 0.2) is 64.8 Å². The Kier molecular flexibility index (Phi) is 5.34. The van der Waals surface area contributed by atoms with Gasteiger partial charge in [-0.1, -0.05) is 24.3 Å². The van der Waals surface area contributed by atoms with Crippen LogP contribution in [0.25, 0.3) is 0 Å². The van der Waals surface area contributed by atoms with Crippen molar-refractivity contribution in [3.63, 3.8) is 0 Å². The smallest absolute Gasteiger partial charge is 0.267 e. The molecule has 0 saturated carbocycles. The average molecular weight is 356 g/mol. The highest BCUT2D eigenvalue weighted by atomic mass is 79.9. The van der Waals surface area contributed by atoms with E-state index >= 15 is 0 Å². The largest absolute Gasteiger partial charge is 0.359 e. The molecule has 2 N–H and O–H groups in total. The fourth-order valence-electron chi connectivity index (χ4n) is 1.80. The monoisotopic (exact) mass is 355 g/mol. The molecule has 22 heavy (non-hydrogen) atoms. The SMILES string of the molecule is Cc1cccc(NC(=O)/C(C#N)=C\Nc2ccccc2Br)c1. The van der Waals surface area contributed by atoms with Gasteiger partial charge in [-0.25, -0.2) is 0 Å². The molecule has 0 spiro atoms. The van der Waals surface area contributed by atoms with Crippen LogP contribution in [0.1, 0.15) is 5.56 Å². The summed E-state index contributed by atoms with van der Waals surface area (Å²) >= 11 is 3.39. The molecule has 0 unspecified atom stereocenters. The molecule has 0 aliphatic rings. The number of carbonyl (C=O) groups excluding carboxylic acids is 1. The molecule has 2 rings (SSSR count). The molecule has 2 aromatic carbocycles. The zero-order chi connectivity index (χ0) is 15.9. The molecular weight excluding hydrogens is 342 g/mol. The van der Waals surface area contributed by atoms with Crippen LogP contribution in [0.5, 0.6) is 0 Å². The summed E-state index contributed by atoms with van der Waals surface area (Å²) < 4.78 is 0.850. The van der Waals surface area contributed by atoms with Gasteiger partial charge in [-0.15, -0.1) is 0 Å². The number of carbonyl (C=O) groups is 1. The Morgan fingerprint density at radius 2 is 2.00 bits per heavy atom. The highest BCUT2D eigenvalue weighted by Gasteiger charge is 2.09. The van der Waals surface area contributed by atoms with Crippen molar-refractivity contribution in [3.05, 3.63) is 70.3 Å². The second-order valence-electron chi connectivity index (χ2n) is 4.62. The summed E-state index contributed by atoms with van der Waals surface area (Å²) in [6, 6.07) is 16.8. The van der Waals surface area contributed by atoms with Gasteiger partial charge in [0.2, 0.25) is 0 Å². The van der Waals surface area contributed by atoms with E-state index in [1.54, 1.807) is 6.07 Å². The number of benzene rings is 2. The van der Waals surface area contributed by atoms with E-state index < -0.39 is 5.91 Å². The van der Waals surface area contributed by atoms with Gasteiger partial charge >= 0.3 is 0 Å². The maximum absolute atomic E-state index is 12.1. The Morgan fingerprint density at radius 1 is 1.23 bits per heavy atom. The summed E-state index contributed by atoms with van der Waals surface area (Å²) in [6.07, 6.45) is 1.39. The number of amides is 1. The number of nitriles is 1. The number of para-hydroxylation sites is 1. The van der Waals surface area contributed by atoms with Crippen molar-refractivity contribution in [2.45, 2.75) is 6.92 Å². The number of nitrogens with one attached hydrogen (secondary N) is 2. The molecule has 0 fully saturated rings. The number of hydrogen-bond donors (Lipinski definition) is 2. The first-order chi connectivity index (χ1) is 10.6. The van der Waals surface area contributed by atoms with Crippen LogP contribution in [-0.2, 0) is 4.79 Å². The Labute approximate surface area is 137 Å². The lowest BCUT2D eigenvalue weighted by Crippen LogP contribution is -2.14. The Hall–Kier alpha value is -2.58. The van der Waals surface area contributed by atoms with Gasteiger partial charge in [0.1, 0.15) is 11.6 Å². The van der Waals surface area contributed by atoms with Gasteiger partial charge in [0, 0.05) is 16.4 Å². The lowest BCUT2D eigenvalue weighted by Gasteiger charge is -2.06. The fraction of sp³-hybridized carbons (Fsp3) is 0.0588. The molecule has 0 bridgehead atoms. The summed E-state index contributed by atoms with van der Waals surface area (Å²) in [5.41, 5.74) is 2.47.